The minimum Gasteiger partial charge on any atom is -0.477 e. The van der Waals surface area contributed by atoms with Gasteiger partial charge in [-0.3, -0.25) is 0 Å². The molecule has 1 aromatic heterocycles. The third-order valence-electron chi connectivity index (χ3n) is 1.65. The smallest absolute Gasteiger partial charge is 0.352 e. The van der Waals surface area contributed by atoms with Gasteiger partial charge in [-0.25, -0.2) is 4.79 Å². The van der Waals surface area contributed by atoms with Crippen molar-refractivity contribution < 1.29 is 9.90 Å². The number of aromatic carboxylic acids is 1. The monoisotopic (exact) mass is 168 g/mol. The van der Waals surface area contributed by atoms with Gasteiger partial charge in [0.15, 0.2) is 0 Å². The Morgan fingerprint density at radius 2 is 2.42 bits per heavy atom. The van der Waals surface area contributed by atoms with Crippen LogP contribution in [0.1, 0.15) is 21.7 Å². The number of hydrogen-bond donors (Lipinski definition) is 3. The van der Waals surface area contributed by atoms with Crippen molar-refractivity contribution >= 4 is 5.97 Å². The first-order chi connectivity index (χ1) is 5.65. The van der Waals surface area contributed by atoms with Gasteiger partial charge in [-0.05, 0) is 25.6 Å². The zero-order valence-electron chi connectivity index (χ0n) is 7.14. The van der Waals surface area contributed by atoms with Crippen molar-refractivity contribution in [2.75, 3.05) is 7.05 Å². The molecule has 0 saturated heterocycles. The molecule has 0 aliphatic carbocycles. The first-order valence-corrected chi connectivity index (χ1v) is 3.71. The maximum atomic E-state index is 10.6. The van der Waals surface area contributed by atoms with Gasteiger partial charge in [0.25, 0.3) is 0 Å². The Balaban J connectivity index is 2.92. The largest absolute Gasteiger partial charge is 0.477 e. The molecule has 0 fully saturated rings. The van der Waals surface area contributed by atoms with Gasteiger partial charge >= 0.3 is 5.97 Å². The van der Waals surface area contributed by atoms with E-state index in [-0.39, 0.29) is 5.69 Å². The molecule has 0 amide bonds. The van der Waals surface area contributed by atoms with Crippen LogP contribution in [0.5, 0.6) is 0 Å². The normalized spacial score (nSPS) is 10.2. The van der Waals surface area contributed by atoms with E-state index in [1.54, 1.807) is 6.92 Å². The van der Waals surface area contributed by atoms with Crippen LogP contribution in [0.15, 0.2) is 6.07 Å². The fourth-order valence-corrected chi connectivity index (χ4v) is 1.14. The van der Waals surface area contributed by atoms with Crippen LogP contribution >= 0.6 is 0 Å². The van der Waals surface area contributed by atoms with Crippen molar-refractivity contribution in [3.63, 3.8) is 0 Å². The fraction of sp³-hybridized carbons (Fsp3) is 0.375. The summed E-state index contributed by atoms with van der Waals surface area (Å²) < 4.78 is 0. The summed E-state index contributed by atoms with van der Waals surface area (Å²) in [6, 6.07) is 1.83. The lowest BCUT2D eigenvalue weighted by atomic mass is 10.2. The quantitative estimate of drug-likeness (QED) is 0.623. The van der Waals surface area contributed by atoms with E-state index >= 15 is 0 Å². The summed E-state index contributed by atoms with van der Waals surface area (Å²) in [6.07, 6.45) is 0. The minimum atomic E-state index is -0.908. The van der Waals surface area contributed by atoms with E-state index in [1.165, 1.54) is 0 Å². The van der Waals surface area contributed by atoms with E-state index < -0.39 is 5.97 Å². The number of carboxylic acid groups (broad SMARTS) is 1. The highest BCUT2D eigenvalue weighted by atomic mass is 16.4. The summed E-state index contributed by atoms with van der Waals surface area (Å²) in [6.45, 7) is 2.44. The van der Waals surface area contributed by atoms with Gasteiger partial charge in [0.05, 0.1) is 0 Å². The van der Waals surface area contributed by atoms with Gasteiger partial charge in [0.1, 0.15) is 5.69 Å². The molecule has 0 aromatic carbocycles. The van der Waals surface area contributed by atoms with Gasteiger partial charge in [0.2, 0.25) is 0 Å². The number of H-pyrrole nitrogens is 1. The van der Waals surface area contributed by atoms with Crippen LogP contribution in [-0.4, -0.2) is 23.1 Å². The Hall–Kier alpha value is -1.29. The molecule has 1 heterocycles. The lowest BCUT2D eigenvalue weighted by Crippen LogP contribution is -2.06. The van der Waals surface area contributed by atoms with Crippen LogP contribution in [0.2, 0.25) is 0 Å². The highest BCUT2D eigenvalue weighted by molar-refractivity contribution is 5.87. The third kappa shape index (κ3) is 1.65. The summed E-state index contributed by atoms with van der Waals surface area (Å²) in [5.74, 6) is -0.908. The van der Waals surface area contributed by atoms with Crippen molar-refractivity contribution in [2.45, 2.75) is 13.5 Å². The van der Waals surface area contributed by atoms with Crippen LogP contribution in [0.4, 0.5) is 0 Å². The number of aryl methyl sites for hydroxylation is 1. The Labute approximate surface area is 70.6 Å². The molecular weight excluding hydrogens is 156 g/mol. The molecule has 0 aliphatic rings. The maximum Gasteiger partial charge on any atom is 0.352 e. The molecule has 1 aromatic rings. The molecule has 12 heavy (non-hydrogen) atoms. The van der Waals surface area contributed by atoms with Crippen molar-refractivity contribution in [2.24, 2.45) is 0 Å². The number of nitrogens with one attached hydrogen (secondary N) is 2. The summed E-state index contributed by atoms with van der Waals surface area (Å²) >= 11 is 0. The predicted octanol–water partition coefficient (Wildman–Crippen LogP) is 0.741. The molecule has 66 valence electrons. The van der Waals surface area contributed by atoms with Gasteiger partial charge in [0, 0.05) is 12.2 Å². The highest BCUT2D eigenvalue weighted by Gasteiger charge is 2.09. The van der Waals surface area contributed by atoms with Gasteiger partial charge in [-0.2, -0.15) is 0 Å². The number of aromatic nitrogens is 1. The van der Waals surface area contributed by atoms with Crippen molar-refractivity contribution in [1.29, 1.82) is 0 Å². The molecule has 0 atom stereocenters. The summed E-state index contributed by atoms with van der Waals surface area (Å²) in [4.78, 5) is 13.4. The molecule has 0 bridgehead atoms. The van der Waals surface area contributed by atoms with Gasteiger partial charge in [-0.1, -0.05) is 0 Å². The number of carbonyl (C=O) groups is 1. The Morgan fingerprint density at radius 3 is 2.83 bits per heavy atom. The van der Waals surface area contributed by atoms with Crippen molar-refractivity contribution in [3.05, 3.63) is 23.0 Å². The first-order valence-electron chi connectivity index (χ1n) is 3.71. The summed E-state index contributed by atoms with van der Waals surface area (Å²) in [5.41, 5.74) is 1.94. The number of aromatic amines is 1. The third-order valence-corrected chi connectivity index (χ3v) is 1.65. The fourth-order valence-electron chi connectivity index (χ4n) is 1.14. The highest BCUT2D eigenvalue weighted by Crippen LogP contribution is 2.09. The number of carboxylic acids is 1. The van der Waals surface area contributed by atoms with Crippen LogP contribution < -0.4 is 5.32 Å². The van der Waals surface area contributed by atoms with Crippen LogP contribution in [0.3, 0.4) is 0 Å². The van der Waals surface area contributed by atoms with Crippen LogP contribution in [-0.2, 0) is 6.54 Å². The lowest BCUT2D eigenvalue weighted by molar-refractivity contribution is 0.0690. The number of hydrogen-bond acceptors (Lipinski definition) is 2. The number of rotatable bonds is 3. The van der Waals surface area contributed by atoms with E-state index in [4.69, 9.17) is 5.11 Å². The molecule has 0 unspecified atom stereocenters. The summed E-state index contributed by atoms with van der Waals surface area (Å²) in [7, 11) is 1.82. The van der Waals surface area contributed by atoms with E-state index in [1.807, 2.05) is 13.1 Å². The van der Waals surface area contributed by atoms with E-state index in [0.717, 1.165) is 11.3 Å². The van der Waals surface area contributed by atoms with Crippen molar-refractivity contribution in [1.82, 2.24) is 10.3 Å². The Bertz CT molecular complexity index is 291. The second kappa shape index (κ2) is 3.40. The predicted molar refractivity (Wildman–Crippen MR) is 45.3 cm³/mol. The molecule has 0 aliphatic heterocycles. The minimum absolute atomic E-state index is 0.278. The lowest BCUT2D eigenvalue weighted by Gasteiger charge is -1.93. The molecular formula is C8H12N2O2. The maximum absolute atomic E-state index is 10.6. The average molecular weight is 168 g/mol. The first kappa shape index (κ1) is 8.80. The second-order valence-corrected chi connectivity index (χ2v) is 2.69. The Kier molecular flexibility index (Phi) is 2.50. The molecule has 4 nitrogen and oxygen atoms in total. The molecule has 1 rings (SSSR count). The topological polar surface area (TPSA) is 65.1 Å². The molecule has 4 heteroatoms. The average Bonchev–Trinajstić information content (AvgIpc) is 2.32. The molecule has 3 N–H and O–H groups in total. The zero-order chi connectivity index (χ0) is 9.14. The second-order valence-electron chi connectivity index (χ2n) is 2.69. The van der Waals surface area contributed by atoms with Crippen molar-refractivity contribution in [3.8, 4) is 0 Å². The van der Waals surface area contributed by atoms with E-state index in [2.05, 4.69) is 10.3 Å². The molecule has 0 radical (unpaired) electrons. The standard InChI is InChI=1S/C8H12N2O2/c1-5-3-6(4-9-2)10-7(5)8(11)12/h3,9-10H,4H2,1-2H3,(H,11,12). The SMILES string of the molecule is CNCc1cc(C)c(C(=O)O)[nH]1. The Morgan fingerprint density at radius 1 is 1.75 bits per heavy atom. The molecule has 0 spiro atoms. The van der Waals surface area contributed by atoms with Gasteiger partial charge < -0.3 is 15.4 Å². The van der Waals surface area contributed by atoms with Gasteiger partial charge in [-0.15, -0.1) is 0 Å². The van der Waals surface area contributed by atoms with Crippen LogP contribution in [0, 0.1) is 6.92 Å². The molecule has 0 saturated carbocycles. The van der Waals surface area contributed by atoms with E-state index in [9.17, 15) is 4.79 Å². The summed E-state index contributed by atoms with van der Waals surface area (Å²) in [5, 5.41) is 11.6. The van der Waals surface area contributed by atoms with E-state index in [0.29, 0.717) is 6.54 Å². The van der Waals surface area contributed by atoms with Crippen LogP contribution in [0.25, 0.3) is 0 Å². The zero-order valence-corrected chi connectivity index (χ0v) is 7.14.